The van der Waals surface area contributed by atoms with E-state index in [0.717, 1.165) is 0 Å². The maximum Gasteiger partial charge on any atom is 0.0542 e. The third-order valence-corrected chi connectivity index (χ3v) is 13.5. The summed E-state index contributed by atoms with van der Waals surface area (Å²) in [5, 5.41) is 8.20. The summed E-state index contributed by atoms with van der Waals surface area (Å²) < 4.78 is 11.2. The number of thiophene rings is 4. The van der Waals surface area contributed by atoms with Crippen LogP contribution in [0, 0.1) is 0 Å². The van der Waals surface area contributed by atoms with Crippen molar-refractivity contribution in [3.8, 4) is 22.3 Å². The monoisotopic (exact) mass is 604 g/mol. The van der Waals surface area contributed by atoms with Gasteiger partial charge >= 0.3 is 0 Å². The molecule has 0 saturated carbocycles. The molecule has 10 aromatic rings. The molecule has 0 spiro atoms. The Hall–Kier alpha value is -4.06. The molecule has 0 fully saturated rings. The first kappa shape index (κ1) is 23.5. The van der Waals surface area contributed by atoms with Gasteiger partial charge in [-0.25, -0.2) is 0 Å². The van der Waals surface area contributed by atoms with Gasteiger partial charge in [0.05, 0.1) is 18.8 Å². The van der Waals surface area contributed by atoms with Crippen molar-refractivity contribution in [2.45, 2.75) is 0 Å². The Kier molecular flexibility index (Phi) is 4.88. The summed E-state index contributed by atoms with van der Waals surface area (Å²) in [6.45, 7) is 0. The average Bonchev–Trinajstić information content (AvgIpc) is 3.77. The first-order chi connectivity index (χ1) is 20.8. The molecule has 0 aliphatic rings. The van der Waals surface area contributed by atoms with Gasteiger partial charge in [-0.1, -0.05) is 72.8 Å². The molecule has 0 nitrogen and oxygen atoms in total. The molecule has 0 radical (unpaired) electrons. The lowest BCUT2D eigenvalue weighted by molar-refractivity contribution is 1.66. The maximum absolute atomic E-state index is 2.44. The Morgan fingerprint density at radius 3 is 1.10 bits per heavy atom. The fourth-order valence-electron chi connectivity index (χ4n) is 6.38. The summed E-state index contributed by atoms with van der Waals surface area (Å²) in [6, 6.07) is 45.1. The highest BCUT2D eigenvalue weighted by atomic mass is 32.1. The van der Waals surface area contributed by atoms with Gasteiger partial charge in [0.2, 0.25) is 0 Å². The van der Waals surface area contributed by atoms with Crippen LogP contribution < -0.4 is 0 Å². The topological polar surface area (TPSA) is 0 Å². The average molecular weight is 605 g/mol. The molecule has 4 aromatic heterocycles. The zero-order valence-corrected chi connectivity index (χ0v) is 25.4. The molecule has 42 heavy (non-hydrogen) atoms. The van der Waals surface area contributed by atoms with Crippen molar-refractivity contribution in [2.24, 2.45) is 0 Å². The van der Waals surface area contributed by atoms with Crippen molar-refractivity contribution in [3.05, 3.63) is 121 Å². The van der Waals surface area contributed by atoms with Crippen LogP contribution in [0.4, 0.5) is 0 Å². The predicted octanol–water partition coefficient (Wildman–Crippen LogP) is 13.3. The molecule has 0 amide bonds. The quantitative estimate of drug-likeness (QED) is 0.184. The number of hydrogen-bond acceptors (Lipinski definition) is 4. The minimum atomic E-state index is 1.27. The van der Waals surface area contributed by atoms with Crippen LogP contribution in [0.15, 0.2) is 121 Å². The largest absolute Gasteiger partial charge is 0.134 e. The summed E-state index contributed by atoms with van der Waals surface area (Å²) in [4.78, 5) is 0. The number of benzene rings is 6. The van der Waals surface area contributed by atoms with Gasteiger partial charge in [0.1, 0.15) is 0 Å². The van der Waals surface area contributed by atoms with Crippen molar-refractivity contribution >= 4 is 115 Å². The van der Waals surface area contributed by atoms with Crippen LogP contribution in [0.2, 0.25) is 0 Å². The summed E-state index contributed by atoms with van der Waals surface area (Å²) in [5.74, 6) is 0. The van der Waals surface area contributed by atoms with Gasteiger partial charge in [-0.05, 0) is 81.6 Å². The molecule has 0 unspecified atom stereocenters. The van der Waals surface area contributed by atoms with Crippen LogP contribution in [0.5, 0.6) is 0 Å². The van der Waals surface area contributed by atoms with Gasteiger partial charge < -0.3 is 0 Å². The van der Waals surface area contributed by atoms with Crippen molar-refractivity contribution in [1.29, 1.82) is 0 Å². The van der Waals surface area contributed by atoms with Gasteiger partial charge in [0.15, 0.2) is 0 Å². The van der Waals surface area contributed by atoms with E-state index in [0.29, 0.717) is 0 Å². The van der Waals surface area contributed by atoms with Gasteiger partial charge in [-0.2, -0.15) is 0 Å². The smallest absolute Gasteiger partial charge is 0.0542 e. The van der Waals surface area contributed by atoms with Crippen LogP contribution in [-0.2, 0) is 0 Å². The van der Waals surface area contributed by atoms with Crippen molar-refractivity contribution in [2.75, 3.05) is 0 Å². The number of rotatable bonds is 2. The molecule has 6 aromatic carbocycles. The SMILES string of the molecule is c1ccc(-c2ccc3sc4c5cc6cc7sc8c9cc(-c%10ccccc%10)ccc9sc8c7cc6cc5sc4c3c2)cc1. The summed E-state index contributed by atoms with van der Waals surface area (Å²) >= 11 is 7.76. The van der Waals surface area contributed by atoms with Gasteiger partial charge in [-0.15, -0.1) is 45.3 Å². The van der Waals surface area contributed by atoms with Gasteiger partial charge in [0.25, 0.3) is 0 Å². The van der Waals surface area contributed by atoms with E-state index < -0.39 is 0 Å². The Morgan fingerprint density at radius 1 is 0.286 bits per heavy atom. The van der Waals surface area contributed by atoms with Crippen molar-refractivity contribution < 1.29 is 0 Å². The van der Waals surface area contributed by atoms with E-state index in [-0.39, 0.29) is 0 Å². The van der Waals surface area contributed by atoms with Crippen LogP contribution in [-0.4, -0.2) is 0 Å². The first-order valence-corrected chi connectivity index (χ1v) is 17.3. The molecular weight excluding hydrogens is 585 g/mol. The zero-order valence-electron chi connectivity index (χ0n) is 22.2. The predicted molar refractivity (Wildman–Crippen MR) is 191 cm³/mol. The van der Waals surface area contributed by atoms with Crippen LogP contribution in [0.3, 0.4) is 0 Å². The van der Waals surface area contributed by atoms with Crippen molar-refractivity contribution in [3.63, 3.8) is 0 Å². The summed E-state index contributed by atoms with van der Waals surface area (Å²) in [5.41, 5.74) is 5.12. The van der Waals surface area contributed by atoms with E-state index in [1.54, 1.807) is 0 Å². The molecule has 0 atom stereocenters. The molecule has 10 rings (SSSR count). The van der Waals surface area contributed by atoms with E-state index in [2.05, 4.69) is 121 Å². The minimum Gasteiger partial charge on any atom is -0.134 e. The number of fused-ring (bicyclic) bond motifs is 11. The van der Waals surface area contributed by atoms with Crippen LogP contribution >= 0.6 is 45.3 Å². The second-order valence-corrected chi connectivity index (χ2v) is 15.1. The minimum absolute atomic E-state index is 1.27. The molecule has 0 saturated heterocycles. The lowest BCUT2D eigenvalue weighted by Gasteiger charge is -2.02. The summed E-state index contributed by atoms with van der Waals surface area (Å²) in [7, 11) is 0. The highest BCUT2D eigenvalue weighted by Crippen LogP contribution is 2.49. The third kappa shape index (κ3) is 3.38. The molecular formula is C38H20S4. The molecule has 196 valence electrons. The van der Waals surface area contributed by atoms with Gasteiger partial charge in [-0.3, -0.25) is 0 Å². The molecule has 0 aliphatic carbocycles. The highest BCUT2D eigenvalue weighted by Gasteiger charge is 2.17. The lowest BCUT2D eigenvalue weighted by atomic mass is 10.0. The lowest BCUT2D eigenvalue weighted by Crippen LogP contribution is -1.75. The molecule has 0 N–H and O–H groups in total. The maximum atomic E-state index is 2.44. The molecule has 0 bridgehead atoms. The number of hydrogen-bond donors (Lipinski definition) is 0. The fourth-order valence-corrected chi connectivity index (χ4v) is 11.7. The molecule has 4 heteroatoms. The second-order valence-electron chi connectivity index (χ2n) is 10.9. The zero-order chi connectivity index (χ0) is 27.4. The van der Waals surface area contributed by atoms with E-state index >= 15 is 0 Å². The Morgan fingerprint density at radius 2 is 0.667 bits per heavy atom. The van der Waals surface area contributed by atoms with E-state index in [1.165, 1.54) is 92.2 Å². The Bertz CT molecular complexity index is 2480. The van der Waals surface area contributed by atoms with E-state index in [4.69, 9.17) is 0 Å². The fraction of sp³-hybridized carbons (Fsp3) is 0. The van der Waals surface area contributed by atoms with E-state index in [9.17, 15) is 0 Å². The van der Waals surface area contributed by atoms with Gasteiger partial charge in [0, 0.05) is 40.3 Å². The van der Waals surface area contributed by atoms with Crippen LogP contribution in [0.25, 0.3) is 92.2 Å². The van der Waals surface area contributed by atoms with E-state index in [1.807, 2.05) is 45.3 Å². The second kappa shape index (κ2) is 8.73. The normalized spacial score (nSPS) is 12.3. The first-order valence-electron chi connectivity index (χ1n) is 14.0. The molecule has 4 heterocycles. The summed E-state index contributed by atoms with van der Waals surface area (Å²) in [6.07, 6.45) is 0. The third-order valence-electron chi connectivity index (χ3n) is 8.45. The van der Waals surface area contributed by atoms with Crippen molar-refractivity contribution in [1.82, 2.24) is 0 Å². The van der Waals surface area contributed by atoms with Crippen LogP contribution in [0.1, 0.15) is 0 Å². The highest BCUT2D eigenvalue weighted by molar-refractivity contribution is 7.37. The Balaban J connectivity index is 1.17. The standard InChI is InChI=1S/C38H20S4/c1-3-7-21(8-4-1)23-11-13-31-27(15-23)35-37(39-31)29-17-25-20-34-30(18-26(25)19-33(29)41-35)38-36(42-34)28-16-24(12-14-32(28)40-38)22-9-5-2-6-10-22/h1-20H. The molecule has 0 aliphatic heterocycles. The Labute approximate surface area is 257 Å².